The van der Waals surface area contributed by atoms with Crippen molar-refractivity contribution >= 4 is 29.0 Å². The quantitative estimate of drug-likeness (QED) is 0.549. The van der Waals surface area contributed by atoms with Crippen LogP contribution in [0.3, 0.4) is 0 Å². The van der Waals surface area contributed by atoms with Crippen molar-refractivity contribution in [3.05, 3.63) is 57.2 Å². The maximum atomic E-state index is 15.6. The number of rotatable bonds is 2. The van der Waals surface area contributed by atoms with Gasteiger partial charge in [0.15, 0.2) is 0 Å². The number of hydrogen-bond acceptors (Lipinski definition) is 4. The normalized spacial score (nSPS) is 20.6. The third-order valence-corrected chi connectivity index (χ3v) is 7.36. The first kappa shape index (κ1) is 21.6. The van der Waals surface area contributed by atoms with Gasteiger partial charge in [-0.1, -0.05) is 33.8 Å². The molecule has 2 N–H and O–H groups in total. The molecule has 6 heteroatoms. The Morgan fingerprint density at radius 2 is 1.68 bits per heavy atom. The topological polar surface area (TPSA) is 66.4 Å². The molecule has 0 unspecified atom stereocenters. The van der Waals surface area contributed by atoms with E-state index in [-0.39, 0.29) is 32.6 Å². The van der Waals surface area contributed by atoms with Crippen LogP contribution in [0.15, 0.2) is 29.2 Å². The van der Waals surface area contributed by atoms with Gasteiger partial charge in [-0.2, -0.15) is 0 Å². The number of nitrogens with one attached hydrogen (secondary N) is 1. The molecule has 2 aliphatic rings. The Balaban J connectivity index is 1.91. The second-order valence-electron chi connectivity index (χ2n) is 9.70. The van der Waals surface area contributed by atoms with Crippen molar-refractivity contribution in [1.29, 1.82) is 0 Å². The lowest BCUT2D eigenvalue weighted by Gasteiger charge is -2.42. The number of benzene rings is 2. The number of halogens is 1. The summed E-state index contributed by atoms with van der Waals surface area (Å²) in [5.74, 6) is -1.32. The van der Waals surface area contributed by atoms with Crippen molar-refractivity contribution < 1.29 is 19.1 Å². The summed E-state index contributed by atoms with van der Waals surface area (Å²) in [7, 11) is 0. The zero-order chi connectivity index (χ0) is 22.7. The second kappa shape index (κ2) is 7.23. The zero-order valence-corrected chi connectivity index (χ0v) is 19.2. The van der Waals surface area contributed by atoms with Gasteiger partial charge in [0.1, 0.15) is 11.6 Å². The van der Waals surface area contributed by atoms with E-state index in [0.29, 0.717) is 5.56 Å². The lowest BCUT2D eigenvalue weighted by Crippen LogP contribution is -2.34. The molecule has 0 radical (unpaired) electrons. The summed E-state index contributed by atoms with van der Waals surface area (Å²) >= 11 is 0.737. The Kier molecular flexibility index (Phi) is 5.04. The summed E-state index contributed by atoms with van der Waals surface area (Å²) in [4.78, 5) is 23.4. The molecule has 0 atom stereocenters. The Morgan fingerprint density at radius 1 is 1.06 bits per heavy atom. The van der Waals surface area contributed by atoms with Gasteiger partial charge >= 0.3 is 0 Å². The van der Waals surface area contributed by atoms with E-state index in [1.807, 2.05) is 13.0 Å². The third-order valence-electron chi connectivity index (χ3n) is 6.55. The van der Waals surface area contributed by atoms with Gasteiger partial charge in [-0.05, 0) is 88.9 Å². The minimum atomic E-state index is -0.615. The van der Waals surface area contributed by atoms with E-state index < -0.39 is 17.0 Å². The predicted octanol–water partition coefficient (Wildman–Crippen LogP) is 6.18. The van der Waals surface area contributed by atoms with Crippen LogP contribution in [-0.2, 0) is 15.6 Å². The number of aromatic hydroxyl groups is 1. The van der Waals surface area contributed by atoms with Gasteiger partial charge in [0.25, 0.3) is 11.1 Å². The van der Waals surface area contributed by atoms with Gasteiger partial charge in [0, 0.05) is 5.56 Å². The molecule has 1 fully saturated rings. The number of aryl methyl sites for hydroxylation is 1. The molecule has 4 rings (SSSR count). The average Bonchev–Trinajstić information content (AvgIpc) is 2.99. The molecule has 1 aliphatic carbocycles. The van der Waals surface area contributed by atoms with Gasteiger partial charge in [0.2, 0.25) is 0 Å². The Morgan fingerprint density at radius 3 is 2.26 bits per heavy atom. The fourth-order valence-electron chi connectivity index (χ4n) is 4.50. The summed E-state index contributed by atoms with van der Waals surface area (Å²) in [5, 5.41) is 12.3. The standard InChI is InChI=1S/C25H26FNO3S/c1-13-10-16-17(25(4,5)9-8-24(16,2)3)12-15(13)20-18(28)7-6-14(21(20)26)11-19-22(29)27-23(30)31-19/h6-7,10-12,28H,8-9H2,1-5H3,(H,27,29,30)/b19-11-. The van der Waals surface area contributed by atoms with Crippen molar-refractivity contribution in [2.45, 2.75) is 58.3 Å². The predicted molar refractivity (Wildman–Crippen MR) is 123 cm³/mol. The van der Waals surface area contributed by atoms with E-state index >= 15 is 4.39 Å². The fraction of sp³-hybridized carbons (Fsp3) is 0.360. The Hall–Kier alpha value is -2.60. The molecule has 2 amide bonds. The lowest BCUT2D eigenvalue weighted by molar-refractivity contribution is -0.115. The van der Waals surface area contributed by atoms with Crippen molar-refractivity contribution in [2.24, 2.45) is 0 Å². The highest BCUT2D eigenvalue weighted by Gasteiger charge is 2.38. The zero-order valence-electron chi connectivity index (χ0n) is 18.4. The second-order valence-corrected chi connectivity index (χ2v) is 10.7. The first-order valence-electron chi connectivity index (χ1n) is 10.3. The number of carbonyl (C=O) groups is 2. The van der Waals surface area contributed by atoms with Crippen LogP contribution in [0.5, 0.6) is 5.75 Å². The first-order chi connectivity index (χ1) is 14.4. The smallest absolute Gasteiger partial charge is 0.290 e. The van der Waals surface area contributed by atoms with E-state index in [0.717, 1.165) is 30.2 Å². The number of amides is 2. The molecule has 31 heavy (non-hydrogen) atoms. The van der Waals surface area contributed by atoms with E-state index in [1.54, 1.807) is 0 Å². The molecule has 0 aromatic heterocycles. The molecule has 162 valence electrons. The average molecular weight is 440 g/mol. The highest BCUT2D eigenvalue weighted by Crippen LogP contribution is 2.48. The molecular weight excluding hydrogens is 413 g/mol. The van der Waals surface area contributed by atoms with Gasteiger partial charge in [-0.3, -0.25) is 14.9 Å². The molecule has 1 saturated heterocycles. The van der Waals surface area contributed by atoms with E-state index in [9.17, 15) is 14.7 Å². The minimum Gasteiger partial charge on any atom is -0.507 e. The number of carbonyl (C=O) groups excluding carboxylic acids is 2. The van der Waals surface area contributed by atoms with Crippen LogP contribution in [0, 0.1) is 12.7 Å². The molecule has 4 nitrogen and oxygen atoms in total. The maximum Gasteiger partial charge on any atom is 0.290 e. The highest BCUT2D eigenvalue weighted by atomic mass is 32.2. The molecule has 1 aliphatic heterocycles. The van der Waals surface area contributed by atoms with E-state index in [1.165, 1.54) is 29.3 Å². The van der Waals surface area contributed by atoms with Gasteiger partial charge in [-0.15, -0.1) is 0 Å². The van der Waals surface area contributed by atoms with Crippen LogP contribution in [0.1, 0.15) is 62.8 Å². The van der Waals surface area contributed by atoms with Crippen molar-refractivity contribution in [2.75, 3.05) is 0 Å². The number of phenols is 1. The molecule has 0 bridgehead atoms. The summed E-state index contributed by atoms with van der Waals surface area (Å²) in [5.41, 5.74) is 4.19. The third kappa shape index (κ3) is 3.67. The number of thioether (sulfide) groups is 1. The number of fused-ring (bicyclic) bond motifs is 1. The van der Waals surface area contributed by atoms with Crippen LogP contribution in [0.25, 0.3) is 17.2 Å². The molecule has 2 aromatic carbocycles. The largest absolute Gasteiger partial charge is 0.507 e. The van der Waals surface area contributed by atoms with Gasteiger partial charge in [-0.25, -0.2) is 4.39 Å². The SMILES string of the molecule is Cc1cc2c(cc1-c1c(O)ccc(/C=C3\SC(=O)NC3=O)c1F)C(C)(C)CCC2(C)C. The first-order valence-corrected chi connectivity index (χ1v) is 11.1. The number of hydrogen-bond donors (Lipinski definition) is 2. The van der Waals surface area contributed by atoms with Gasteiger partial charge < -0.3 is 5.11 Å². The van der Waals surface area contributed by atoms with Crippen molar-refractivity contribution in [3.63, 3.8) is 0 Å². The molecule has 0 spiro atoms. The molecule has 2 aromatic rings. The summed E-state index contributed by atoms with van der Waals surface area (Å²) in [6.45, 7) is 10.8. The van der Waals surface area contributed by atoms with Crippen LogP contribution >= 0.6 is 11.8 Å². The molecular formula is C25H26FNO3S. The summed E-state index contributed by atoms with van der Waals surface area (Å²) < 4.78 is 15.6. The van der Waals surface area contributed by atoms with Crippen LogP contribution < -0.4 is 5.32 Å². The Bertz CT molecular complexity index is 1160. The summed E-state index contributed by atoms with van der Waals surface area (Å²) in [6, 6.07) is 6.98. The van der Waals surface area contributed by atoms with Crippen molar-refractivity contribution in [1.82, 2.24) is 5.32 Å². The minimum absolute atomic E-state index is 0.0284. The highest BCUT2D eigenvalue weighted by molar-refractivity contribution is 8.18. The molecule has 1 heterocycles. The summed E-state index contributed by atoms with van der Waals surface area (Å²) in [6.07, 6.45) is 3.45. The monoisotopic (exact) mass is 439 g/mol. The Labute approximate surface area is 185 Å². The maximum absolute atomic E-state index is 15.6. The molecule has 0 saturated carbocycles. The number of imide groups is 1. The lowest BCUT2D eigenvalue weighted by atomic mass is 9.62. The fourth-order valence-corrected chi connectivity index (χ4v) is 5.18. The van der Waals surface area contributed by atoms with E-state index in [2.05, 4.69) is 39.1 Å². The van der Waals surface area contributed by atoms with Crippen molar-refractivity contribution in [3.8, 4) is 16.9 Å². The van der Waals surface area contributed by atoms with Crippen LogP contribution in [0.4, 0.5) is 9.18 Å². The van der Waals surface area contributed by atoms with Gasteiger partial charge in [0.05, 0.1) is 10.5 Å². The van der Waals surface area contributed by atoms with E-state index in [4.69, 9.17) is 0 Å². The van der Waals surface area contributed by atoms with Crippen LogP contribution in [0.2, 0.25) is 0 Å². The van der Waals surface area contributed by atoms with Crippen LogP contribution in [-0.4, -0.2) is 16.3 Å². The number of phenolic OH excluding ortho intramolecular Hbond substituents is 1.